The molecule has 0 atom stereocenters. The third-order valence-corrected chi connectivity index (χ3v) is 5.83. The molecule has 1 aromatic heterocycles. The molecule has 0 aliphatic carbocycles. The van der Waals surface area contributed by atoms with Crippen molar-refractivity contribution < 1.29 is 17.2 Å². The van der Waals surface area contributed by atoms with Crippen molar-refractivity contribution >= 4 is 48.1 Å². The van der Waals surface area contributed by atoms with Crippen LogP contribution in [0.15, 0.2) is 20.8 Å². The molecule has 2 rings (SSSR count). The molecule has 5 nitrogen and oxygen atoms in total. The first-order valence-electron chi connectivity index (χ1n) is 5.11. The van der Waals surface area contributed by atoms with Crippen molar-refractivity contribution in [3.05, 3.63) is 33.9 Å². The van der Waals surface area contributed by atoms with E-state index in [0.29, 0.717) is 6.07 Å². The second-order valence-corrected chi connectivity index (χ2v) is 7.54. The molecule has 1 heterocycles. The van der Waals surface area contributed by atoms with Gasteiger partial charge in [0.1, 0.15) is 5.82 Å². The molecule has 0 radical (unpaired) electrons. The Labute approximate surface area is 126 Å². The second kappa shape index (κ2) is 5.26. The molecule has 0 aliphatic heterocycles. The van der Waals surface area contributed by atoms with Gasteiger partial charge in [-0.05, 0) is 28.9 Å². The SMILES string of the molecule is Cc1nc(N)sc1S(=O)(=O)Nc1c(F)cc(F)cc1Br. The van der Waals surface area contributed by atoms with Crippen LogP contribution in [0, 0.1) is 18.6 Å². The van der Waals surface area contributed by atoms with Crippen LogP contribution in [-0.4, -0.2) is 13.4 Å². The van der Waals surface area contributed by atoms with Crippen molar-refractivity contribution in [2.45, 2.75) is 11.1 Å². The monoisotopic (exact) mass is 383 g/mol. The van der Waals surface area contributed by atoms with E-state index >= 15 is 0 Å². The Morgan fingerprint density at radius 2 is 2.05 bits per heavy atom. The summed E-state index contributed by atoms with van der Waals surface area (Å²) in [4.78, 5) is 3.79. The van der Waals surface area contributed by atoms with Crippen LogP contribution in [0.1, 0.15) is 5.69 Å². The molecule has 2 aromatic rings. The van der Waals surface area contributed by atoms with Gasteiger partial charge in [-0.3, -0.25) is 4.72 Å². The van der Waals surface area contributed by atoms with Gasteiger partial charge in [0.15, 0.2) is 15.2 Å². The van der Waals surface area contributed by atoms with Crippen LogP contribution in [0.5, 0.6) is 0 Å². The van der Waals surface area contributed by atoms with Gasteiger partial charge in [0.25, 0.3) is 10.0 Å². The topological polar surface area (TPSA) is 85.1 Å². The van der Waals surface area contributed by atoms with E-state index in [1.165, 1.54) is 6.92 Å². The zero-order valence-corrected chi connectivity index (χ0v) is 13.2. The molecule has 0 spiro atoms. The fourth-order valence-electron chi connectivity index (χ4n) is 1.47. The fraction of sp³-hybridized carbons (Fsp3) is 0.100. The number of thiazole rings is 1. The quantitative estimate of drug-likeness (QED) is 0.852. The Balaban J connectivity index is 2.46. The van der Waals surface area contributed by atoms with Gasteiger partial charge < -0.3 is 5.73 Å². The van der Waals surface area contributed by atoms with E-state index in [-0.39, 0.29) is 25.2 Å². The van der Waals surface area contributed by atoms with Crippen LogP contribution in [0.2, 0.25) is 0 Å². The minimum atomic E-state index is -4.05. The van der Waals surface area contributed by atoms with E-state index in [2.05, 4.69) is 25.6 Å². The first-order valence-corrected chi connectivity index (χ1v) is 8.20. The summed E-state index contributed by atoms with van der Waals surface area (Å²) in [7, 11) is -4.05. The Bertz CT molecular complexity index is 754. The van der Waals surface area contributed by atoms with Gasteiger partial charge >= 0.3 is 0 Å². The summed E-state index contributed by atoms with van der Waals surface area (Å²) in [5.74, 6) is -1.86. The third-order valence-electron chi connectivity index (χ3n) is 2.26. The number of hydrogen-bond acceptors (Lipinski definition) is 5. The summed E-state index contributed by atoms with van der Waals surface area (Å²) in [6.07, 6.45) is 0. The van der Waals surface area contributed by atoms with Crippen LogP contribution < -0.4 is 10.5 Å². The largest absolute Gasteiger partial charge is 0.375 e. The van der Waals surface area contributed by atoms with Gasteiger partial charge in [0.2, 0.25) is 0 Å². The summed E-state index contributed by atoms with van der Waals surface area (Å²) >= 11 is 3.66. The highest BCUT2D eigenvalue weighted by atomic mass is 79.9. The summed E-state index contributed by atoms with van der Waals surface area (Å²) in [6.45, 7) is 1.47. The van der Waals surface area contributed by atoms with Gasteiger partial charge in [-0.15, -0.1) is 0 Å². The van der Waals surface area contributed by atoms with E-state index in [4.69, 9.17) is 5.73 Å². The zero-order chi connectivity index (χ0) is 15.1. The number of benzene rings is 1. The van der Waals surface area contributed by atoms with Crippen LogP contribution >= 0.6 is 27.3 Å². The van der Waals surface area contributed by atoms with E-state index in [1.54, 1.807) is 0 Å². The Morgan fingerprint density at radius 3 is 2.55 bits per heavy atom. The molecule has 10 heteroatoms. The van der Waals surface area contributed by atoms with Crippen molar-refractivity contribution in [3.63, 3.8) is 0 Å². The first-order chi connectivity index (χ1) is 9.20. The average molecular weight is 384 g/mol. The summed E-state index contributed by atoms with van der Waals surface area (Å²) in [6, 6.07) is 1.53. The molecule has 0 saturated carbocycles. The molecule has 0 amide bonds. The lowest BCUT2D eigenvalue weighted by atomic mass is 10.3. The van der Waals surface area contributed by atoms with E-state index in [1.807, 2.05) is 0 Å². The van der Waals surface area contributed by atoms with Crippen LogP contribution in [-0.2, 0) is 10.0 Å². The molecule has 108 valence electrons. The maximum Gasteiger partial charge on any atom is 0.273 e. The zero-order valence-electron chi connectivity index (χ0n) is 9.95. The summed E-state index contributed by atoms with van der Waals surface area (Å²) < 4.78 is 52.8. The van der Waals surface area contributed by atoms with Crippen molar-refractivity contribution in [1.29, 1.82) is 0 Å². The Morgan fingerprint density at radius 1 is 1.40 bits per heavy atom. The summed E-state index contributed by atoms with van der Waals surface area (Å²) in [5.41, 5.74) is 5.26. The minimum absolute atomic E-state index is 0.0475. The highest BCUT2D eigenvalue weighted by Gasteiger charge is 2.24. The maximum atomic E-state index is 13.6. The molecule has 0 fully saturated rings. The number of sulfonamides is 1. The van der Waals surface area contributed by atoms with Crippen LogP contribution in [0.4, 0.5) is 19.6 Å². The molecule has 1 aromatic carbocycles. The van der Waals surface area contributed by atoms with E-state index in [9.17, 15) is 17.2 Å². The lowest BCUT2D eigenvalue weighted by Gasteiger charge is -2.10. The molecule has 0 saturated heterocycles. The highest BCUT2D eigenvalue weighted by molar-refractivity contribution is 9.10. The number of nitrogens with zero attached hydrogens (tertiary/aromatic N) is 1. The van der Waals surface area contributed by atoms with Crippen molar-refractivity contribution in [2.75, 3.05) is 10.5 Å². The average Bonchev–Trinajstić information content (AvgIpc) is 2.64. The molecular formula is C10H8BrF2N3O2S2. The molecular weight excluding hydrogens is 376 g/mol. The van der Waals surface area contributed by atoms with Crippen LogP contribution in [0.3, 0.4) is 0 Å². The maximum absolute atomic E-state index is 13.6. The van der Waals surface area contributed by atoms with Crippen molar-refractivity contribution in [2.24, 2.45) is 0 Å². The van der Waals surface area contributed by atoms with Gasteiger partial charge in [-0.25, -0.2) is 22.2 Å². The molecule has 3 N–H and O–H groups in total. The van der Waals surface area contributed by atoms with Gasteiger partial charge in [0, 0.05) is 10.5 Å². The number of nitrogens with one attached hydrogen (secondary N) is 1. The minimum Gasteiger partial charge on any atom is -0.375 e. The molecule has 0 aliphatic rings. The number of nitrogen functional groups attached to an aromatic ring is 1. The number of rotatable bonds is 3. The number of hydrogen-bond donors (Lipinski definition) is 2. The summed E-state index contributed by atoms with van der Waals surface area (Å²) in [5, 5.41) is 0.0847. The number of aryl methyl sites for hydroxylation is 1. The van der Waals surface area contributed by atoms with Crippen molar-refractivity contribution in [1.82, 2.24) is 4.98 Å². The normalized spacial score (nSPS) is 11.6. The van der Waals surface area contributed by atoms with Gasteiger partial charge in [-0.1, -0.05) is 11.3 Å². The van der Waals surface area contributed by atoms with E-state index < -0.39 is 21.7 Å². The highest BCUT2D eigenvalue weighted by Crippen LogP contribution is 2.32. The Hall–Kier alpha value is -1.26. The second-order valence-electron chi connectivity index (χ2n) is 3.77. The van der Waals surface area contributed by atoms with E-state index in [0.717, 1.165) is 17.4 Å². The van der Waals surface area contributed by atoms with Crippen molar-refractivity contribution in [3.8, 4) is 0 Å². The molecule has 20 heavy (non-hydrogen) atoms. The van der Waals surface area contributed by atoms with Gasteiger partial charge in [0.05, 0.1) is 11.4 Å². The van der Waals surface area contributed by atoms with Gasteiger partial charge in [-0.2, -0.15) is 0 Å². The first kappa shape index (κ1) is 15.1. The van der Waals surface area contributed by atoms with Crippen LogP contribution in [0.25, 0.3) is 0 Å². The lowest BCUT2D eigenvalue weighted by Crippen LogP contribution is -2.14. The standard InChI is InChI=1S/C10H8BrF2N3O2S2/c1-4-9(19-10(14)15-4)20(17,18)16-8-6(11)2-5(12)3-7(8)13/h2-3,16H,1H3,(H2,14,15). The third kappa shape index (κ3) is 2.91. The smallest absolute Gasteiger partial charge is 0.273 e. The number of nitrogens with two attached hydrogens (primary N) is 1. The number of aromatic nitrogens is 1. The molecule has 0 bridgehead atoms. The number of anilines is 2. The Kier molecular flexibility index (Phi) is 3.98. The predicted molar refractivity (Wildman–Crippen MR) is 76.1 cm³/mol. The molecule has 0 unspecified atom stereocenters. The predicted octanol–water partition coefficient (Wildman–Crippen LogP) is 2.88. The fourth-order valence-corrected chi connectivity index (χ4v) is 4.50. The number of halogens is 3. The lowest BCUT2D eigenvalue weighted by molar-refractivity contribution is 0.581.